The molecule has 16 heavy (non-hydrogen) atoms. The van der Waals surface area contributed by atoms with Gasteiger partial charge in [0, 0.05) is 6.92 Å². The molecule has 8 nitrogen and oxygen atoms in total. The van der Waals surface area contributed by atoms with Crippen LogP contribution >= 0.6 is 15.6 Å². The van der Waals surface area contributed by atoms with E-state index >= 15 is 0 Å². The van der Waals surface area contributed by atoms with Gasteiger partial charge in [-0.25, -0.2) is 9.13 Å². The van der Waals surface area contributed by atoms with Crippen LogP contribution in [0.3, 0.4) is 0 Å². The molecule has 0 saturated carbocycles. The summed E-state index contributed by atoms with van der Waals surface area (Å²) in [6.45, 7) is 0.784. The van der Waals surface area contributed by atoms with Crippen molar-refractivity contribution in [1.29, 1.82) is 0 Å². The molecule has 0 spiro atoms. The number of carbonyl (C=O) groups is 1. The first-order valence-electron chi connectivity index (χ1n) is 2.42. The van der Waals surface area contributed by atoms with Gasteiger partial charge in [-0.2, -0.15) is 4.31 Å². The second-order valence-electron chi connectivity index (χ2n) is 1.62. The summed E-state index contributed by atoms with van der Waals surface area (Å²) in [5.41, 5.74) is 0. The molecule has 0 heterocycles. The minimum atomic E-state index is -5.13. The Kier molecular flexibility index (Phi) is 30.1. The van der Waals surface area contributed by atoms with Crippen LogP contribution in [0.25, 0.3) is 0 Å². The van der Waals surface area contributed by atoms with Crippen molar-refractivity contribution in [2.75, 3.05) is 0 Å². The van der Waals surface area contributed by atoms with E-state index in [1.807, 2.05) is 0 Å². The summed E-state index contributed by atoms with van der Waals surface area (Å²) in [5.74, 6) is -1.19. The molecule has 14 heteroatoms. The molecule has 0 aromatic carbocycles. The number of carbonyl (C=O) groups excluding carboxylic acids is 1. The van der Waals surface area contributed by atoms with Gasteiger partial charge in [-0.1, -0.05) is 0 Å². The van der Waals surface area contributed by atoms with Crippen LogP contribution in [0.5, 0.6) is 0 Å². The van der Waals surface area contributed by atoms with Crippen LogP contribution in [0.4, 0.5) is 0 Å². The standard InChI is InChI=1S/C2H6O8P2.4Ca.8H/c1-2(3)9-12(7,8)10-11(4,5)6;;;;;;;;;;;;/h1H3,(H,7,8)(H2,4,5,6);;;;;;;;;;;;. The number of phosphoric acid groups is 2. The van der Waals surface area contributed by atoms with Gasteiger partial charge in [0.05, 0.1) is 0 Å². The molecule has 0 aliphatic heterocycles. The summed E-state index contributed by atoms with van der Waals surface area (Å²) in [7, 11) is -10.1. The number of rotatable bonds is 3. The van der Waals surface area contributed by atoms with Gasteiger partial charge < -0.3 is 14.3 Å². The van der Waals surface area contributed by atoms with Gasteiger partial charge in [0.15, 0.2) is 0 Å². The molecule has 3 N–H and O–H groups in total. The first kappa shape index (κ1) is 32.7. The van der Waals surface area contributed by atoms with Crippen LogP contribution in [-0.2, 0) is 22.8 Å². The van der Waals surface area contributed by atoms with E-state index in [4.69, 9.17) is 14.7 Å². The third-order valence-corrected chi connectivity index (χ3v) is 2.62. The molecular weight excluding hydrogens is 374 g/mol. The molecule has 0 saturated heterocycles. The van der Waals surface area contributed by atoms with Crippen LogP contribution in [-0.4, -0.2) is 172 Å². The van der Waals surface area contributed by atoms with Gasteiger partial charge in [0.2, 0.25) is 0 Å². The number of phosphoric ester groups is 1. The summed E-state index contributed by atoms with van der Waals surface area (Å²) in [4.78, 5) is 34.5. The molecule has 0 aliphatic carbocycles. The third kappa shape index (κ3) is 23.9. The van der Waals surface area contributed by atoms with Crippen molar-refractivity contribution < 1.29 is 37.4 Å². The molecule has 0 radical (unpaired) electrons. The van der Waals surface area contributed by atoms with E-state index in [1.165, 1.54) is 0 Å². The van der Waals surface area contributed by atoms with Crippen molar-refractivity contribution in [3.8, 4) is 0 Å². The Morgan fingerprint density at radius 3 is 1.50 bits per heavy atom. The third-order valence-electron chi connectivity index (χ3n) is 0.453. The Balaban J connectivity index is -0.000000101. The first-order chi connectivity index (χ1) is 5.12. The SMILES string of the molecule is CC(=O)OP(=O)(O)OP(=O)(O)O.[CaH2].[CaH2].[CaH2].[CaH2]. The molecule has 1 unspecified atom stereocenters. The molecule has 88 valence electrons. The van der Waals surface area contributed by atoms with Crippen molar-refractivity contribution in [3.05, 3.63) is 0 Å². The summed E-state index contributed by atoms with van der Waals surface area (Å²) in [6, 6.07) is 0. The van der Waals surface area contributed by atoms with Gasteiger partial charge in [-0.15, -0.1) is 0 Å². The summed E-state index contributed by atoms with van der Waals surface area (Å²) in [6.07, 6.45) is 0. The fourth-order valence-electron chi connectivity index (χ4n) is 0.314. The summed E-state index contributed by atoms with van der Waals surface area (Å²) < 4.78 is 27.3. The Morgan fingerprint density at radius 1 is 1.00 bits per heavy atom. The summed E-state index contributed by atoms with van der Waals surface area (Å²) in [5, 5.41) is 0. The molecule has 0 aliphatic rings. The molecule has 0 fully saturated rings. The molecule has 0 bridgehead atoms. The summed E-state index contributed by atoms with van der Waals surface area (Å²) >= 11 is 0. The first-order valence-corrected chi connectivity index (χ1v) is 5.45. The van der Waals surface area contributed by atoms with Crippen LogP contribution in [0.2, 0.25) is 0 Å². The van der Waals surface area contributed by atoms with Crippen LogP contribution in [0.15, 0.2) is 0 Å². The number of hydrogen-bond acceptors (Lipinski definition) is 5. The fraction of sp³-hybridized carbons (Fsp3) is 0.500. The second kappa shape index (κ2) is 14.7. The van der Waals surface area contributed by atoms with E-state index in [0.29, 0.717) is 0 Å². The van der Waals surface area contributed by atoms with Crippen LogP contribution in [0.1, 0.15) is 6.92 Å². The zero-order chi connectivity index (χ0) is 9.99. The predicted octanol–water partition coefficient (Wildman–Crippen LogP) is -3.91. The van der Waals surface area contributed by atoms with Crippen molar-refractivity contribution in [2.24, 2.45) is 0 Å². The molecule has 0 rings (SSSR count). The van der Waals surface area contributed by atoms with Crippen molar-refractivity contribution in [3.63, 3.8) is 0 Å². The van der Waals surface area contributed by atoms with Crippen molar-refractivity contribution in [1.82, 2.24) is 0 Å². The van der Waals surface area contributed by atoms with Crippen LogP contribution < -0.4 is 0 Å². The van der Waals surface area contributed by atoms with E-state index in [9.17, 15) is 13.9 Å². The minimum absolute atomic E-state index is 0. The normalized spacial score (nSPS) is 12.5. The van der Waals surface area contributed by atoms with Gasteiger partial charge >= 0.3 is 173 Å². The zero-order valence-corrected chi connectivity index (χ0v) is 7.57. The molecular formula is C2H14Ca4O8P2. The Morgan fingerprint density at radius 2 is 1.31 bits per heavy atom. The zero-order valence-electron chi connectivity index (χ0n) is 5.78. The Bertz CT molecular complexity index is 275. The molecule has 1 atom stereocenters. The van der Waals surface area contributed by atoms with E-state index < -0.39 is 21.6 Å². The Hall–Kier alpha value is 4.81. The van der Waals surface area contributed by atoms with Gasteiger partial charge in [-0.3, -0.25) is 9.69 Å². The maximum atomic E-state index is 10.4. The van der Waals surface area contributed by atoms with E-state index in [0.717, 1.165) is 6.92 Å². The van der Waals surface area contributed by atoms with Gasteiger partial charge in [-0.05, 0) is 0 Å². The second-order valence-corrected chi connectivity index (χ2v) is 4.38. The molecule has 0 aromatic heterocycles. The van der Waals surface area contributed by atoms with E-state index in [-0.39, 0.29) is 151 Å². The number of hydrogen-bond donors (Lipinski definition) is 3. The Labute approximate surface area is 211 Å². The van der Waals surface area contributed by atoms with Gasteiger partial charge in [0.25, 0.3) is 0 Å². The maximum absolute atomic E-state index is 10.4. The quantitative estimate of drug-likeness (QED) is 0.330. The monoisotopic (exact) mass is 388 g/mol. The topological polar surface area (TPSA) is 130 Å². The van der Waals surface area contributed by atoms with Crippen molar-refractivity contribution >= 4 is 173 Å². The average Bonchev–Trinajstić information content (AvgIpc) is 1.48. The van der Waals surface area contributed by atoms with Gasteiger partial charge in [0.1, 0.15) is 0 Å². The fourth-order valence-corrected chi connectivity index (χ4v) is 1.85. The molecule has 0 aromatic rings. The molecule has 0 amide bonds. The van der Waals surface area contributed by atoms with Crippen LogP contribution in [0, 0.1) is 0 Å². The van der Waals surface area contributed by atoms with E-state index in [2.05, 4.69) is 8.83 Å². The predicted molar refractivity (Wildman–Crippen MR) is 68.9 cm³/mol. The van der Waals surface area contributed by atoms with E-state index in [1.54, 1.807) is 0 Å². The van der Waals surface area contributed by atoms with Crippen molar-refractivity contribution in [2.45, 2.75) is 6.92 Å². The average molecular weight is 388 g/mol.